The van der Waals surface area contributed by atoms with Crippen molar-refractivity contribution in [1.82, 2.24) is 4.90 Å². The summed E-state index contributed by atoms with van der Waals surface area (Å²) >= 11 is 1.85. The lowest BCUT2D eigenvalue weighted by atomic mass is 10.1. The highest BCUT2D eigenvalue weighted by molar-refractivity contribution is 7.98. The van der Waals surface area contributed by atoms with Gasteiger partial charge in [-0.2, -0.15) is 0 Å². The highest BCUT2D eigenvalue weighted by atomic mass is 32.2. The minimum absolute atomic E-state index is 0.149. The van der Waals surface area contributed by atoms with Crippen molar-refractivity contribution in [2.45, 2.75) is 30.9 Å². The van der Waals surface area contributed by atoms with Crippen molar-refractivity contribution in [3.05, 3.63) is 71.3 Å². The first kappa shape index (κ1) is 15.2. The predicted molar refractivity (Wildman–Crippen MR) is 92.9 cm³/mol. The van der Waals surface area contributed by atoms with Crippen LogP contribution in [0.5, 0.6) is 0 Å². The third kappa shape index (κ3) is 3.05. The molecule has 3 rings (SSSR count). The van der Waals surface area contributed by atoms with Gasteiger partial charge in [-0.3, -0.25) is 4.79 Å². The first-order valence-corrected chi connectivity index (χ1v) is 8.91. The zero-order chi connectivity index (χ0) is 15.4. The smallest absolute Gasteiger partial charge is 0.255 e. The molecule has 0 spiro atoms. The summed E-state index contributed by atoms with van der Waals surface area (Å²) in [4.78, 5) is 14.7. The van der Waals surface area contributed by atoms with Crippen LogP contribution in [-0.4, -0.2) is 17.4 Å². The van der Waals surface area contributed by atoms with Crippen LogP contribution in [-0.2, 0) is 5.75 Å². The molecule has 0 aliphatic carbocycles. The number of nitrogens with zero attached hydrogens (tertiary/aromatic N) is 1. The monoisotopic (exact) mass is 311 g/mol. The Balaban J connectivity index is 1.80. The highest BCUT2D eigenvalue weighted by Gasteiger charge is 2.35. The Morgan fingerprint density at radius 2 is 1.77 bits per heavy atom. The summed E-state index contributed by atoms with van der Waals surface area (Å²) in [6, 6.07) is 18.5. The molecule has 2 nitrogen and oxygen atoms in total. The molecule has 2 aromatic carbocycles. The quantitative estimate of drug-likeness (QED) is 0.758. The summed E-state index contributed by atoms with van der Waals surface area (Å²) < 4.78 is 0. The van der Waals surface area contributed by atoms with E-state index in [0.717, 1.165) is 30.7 Å². The SMILES string of the molecule is CCCCN1C(=O)c2ccccc2C1SCc1ccccc1. The van der Waals surface area contributed by atoms with Gasteiger partial charge in [0.15, 0.2) is 0 Å². The Bertz CT molecular complexity index is 641. The van der Waals surface area contributed by atoms with Gasteiger partial charge in [0.25, 0.3) is 5.91 Å². The van der Waals surface area contributed by atoms with Crippen LogP contribution in [0, 0.1) is 0 Å². The molecular formula is C19H21NOS. The Labute approximate surface area is 136 Å². The fourth-order valence-electron chi connectivity index (χ4n) is 2.81. The second kappa shape index (κ2) is 7.01. The molecule has 1 unspecified atom stereocenters. The molecule has 22 heavy (non-hydrogen) atoms. The Kier molecular flexibility index (Phi) is 4.84. The first-order chi connectivity index (χ1) is 10.8. The van der Waals surface area contributed by atoms with Gasteiger partial charge in [0.2, 0.25) is 0 Å². The summed E-state index contributed by atoms with van der Waals surface area (Å²) in [7, 11) is 0. The number of benzene rings is 2. The maximum Gasteiger partial charge on any atom is 0.255 e. The number of rotatable bonds is 6. The molecule has 1 heterocycles. The molecular weight excluding hydrogens is 290 g/mol. The maximum absolute atomic E-state index is 12.6. The normalized spacial score (nSPS) is 16.9. The van der Waals surface area contributed by atoms with E-state index in [9.17, 15) is 4.79 Å². The van der Waals surface area contributed by atoms with E-state index >= 15 is 0 Å². The van der Waals surface area contributed by atoms with Crippen LogP contribution < -0.4 is 0 Å². The molecule has 0 N–H and O–H groups in total. The van der Waals surface area contributed by atoms with Crippen LogP contribution in [0.3, 0.4) is 0 Å². The third-order valence-electron chi connectivity index (χ3n) is 4.00. The number of hydrogen-bond donors (Lipinski definition) is 0. The first-order valence-electron chi connectivity index (χ1n) is 7.86. The molecule has 114 valence electrons. The fraction of sp³-hybridized carbons (Fsp3) is 0.316. The van der Waals surface area contributed by atoms with Crippen molar-refractivity contribution in [3.63, 3.8) is 0 Å². The molecule has 1 aliphatic heterocycles. The zero-order valence-electron chi connectivity index (χ0n) is 12.9. The van der Waals surface area contributed by atoms with Crippen molar-refractivity contribution in [2.24, 2.45) is 0 Å². The van der Waals surface area contributed by atoms with E-state index in [4.69, 9.17) is 0 Å². The van der Waals surface area contributed by atoms with Crippen LogP contribution in [0.4, 0.5) is 0 Å². The summed E-state index contributed by atoms with van der Waals surface area (Å²) in [5, 5.41) is 0.149. The molecule has 3 heteroatoms. The van der Waals surface area contributed by atoms with Gasteiger partial charge in [0.1, 0.15) is 5.37 Å². The van der Waals surface area contributed by atoms with E-state index in [1.807, 2.05) is 40.9 Å². The second-order valence-electron chi connectivity index (χ2n) is 5.59. The molecule has 1 amide bonds. The molecule has 1 atom stereocenters. The summed E-state index contributed by atoms with van der Waals surface area (Å²) in [6.45, 7) is 3.01. The molecule has 2 aromatic rings. The van der Waals surface area contributed by atoms with Crippen LogP contribution in [0.25, 0.3) is 0 Å². The van der Waals surface area contributed by atoms with Gasteiger partial charge in [-0.25, -0.2) is 0 Å². The van der Waals surface area contributed by atoms with Gasteiger partial charge in [0, 0.05) is 17.9 Å². The minimum Gasteiger partial charge on any atom is -0.322 e. The molecule has 0 saturated heterocycles. The van der Waals surface area contributed by atoms with Crippen molar-refractivity contribution in [1.29, 1.82) is 0 Å². The van der Waals surface area contributed by atoms with Gasteiger partial charge < -0.3 is 4.90 Å². The lowest BCUT2D eigenvalue weighted by Gasteiger charge is -2.25. The molecule has 0 radical (unpaired) electrons. The Hall–Kier alpha value is -1.74. The molecule has 1 aliphatic rings. The van der Waals surface area contributed by atoms with E-state index in [1.165, 1.54) is 11.1 Å². The van der Waals surface area contributed by atoms with E-state index in [0.29, 0.717) is 0 Å². The van der Waals surface area contributed by atoms with E-state index in [2.05, 4.69) is 37.3 Å². The van der Waals surface area contributed by atoms with Crippen molar-refractivity contribution < 1.29 is 4.79 Å². The number of fused-ring (bicyclic) bond motifs is 1. The second-order valence-corrected chi connectivity index (χ2v) is 6.66. The van der Waals surface area contributed by atoms with E-state index in [1.54, 1.807) is 0 Å². The minimum atomic E-state index is 0.149. The molecule has 0 saturated carbocycles. The standard InChI is InChI=1S/C19H21NOS/c1-2-3-13-20-18(21)16-11-7-8-12-17(16)19(20)22-14-15-9-5-4-6-10-15/h4-12,19H,2-3,13-14H2,1H3. The fourth-order valence-corrected chi connectivity index (χ4v) is 4.12. The van der Waals surface area contributed by atoms with Gasteiger partial charge >= 0.3 is 0 Å². The maximum atomic E-state index is 12.6. The Morgan fingerprint density at radius 3 is 2.55 bits per heavy atom. The van der Waals surface area contributed by atoms with Crippen molar-refractivity contribution in [2.75, 3.05) is 6.54 Å². The van der Waals surface area contributed by atoms with E-state index < -0.39 is 0 Å². The molecule has 0 bridgehead atoms. The Morgan fingerprint density at radius 1 is 1.05 bits per heavy atom. The largest absolute Gasteiger partial charge is 0.322 e. The number of carbonyl (C=O) groups is 1. The predicted octanol–water partition coefficient (Wildman–Crippen LogP) is 4.87. The van der Waals surface area contributed by atoms with E-state index in [-0.39, 0.29) is 11.3 Å². The summed E-state index contributed by atoms with van der Waals surface area (Å²) in [5.41, 5.74) is 3.36. The number of unbranched alkanes of at least 4 members (excludes halogenated alkanes) is 1. The number of hydrogen-bond acceptors (Lipinski definition) is 2. The number of thioether (sulfide) groups is 1. The number of carbonyl (C=O) groups excluding carboxylic acids is 1. The van der Waals surface area contributed by atoms with Crippen LogP contribution in [0.2, 0.25) is 0 Å². The lowest BCUT2D eigenvalue weighted by Crippen LogP contribution is -2.27. The average molecular weight is 311 g/mol. The third-order valence-corrected chi connectivity index (χ3v) is 5.33. The van der Waals surface area contributed by atoms with Crippen LogP contribution in [0.15, 0.2) is 54.6 Å². The van der Waals surface area contributed by atoms with Crippen LogP contribution >= 0.6 is 11.8 Å². The highest BCUT2D eigenvalue weighted by Crippen LogP contribution is 2.42. The number of amides is 1. The van der Waals surface area contributed by atoms with Gasteiger partial charge in [-0.15, -0.1) is 11.8 Å². The van der Waals surface area contributed by atoms with Gasteiger partial charge in [0.05, 0.1) is 0 Å². The van der Waals surface area contributed by atoms with Gasteiger partial charge in [-0.05, 0) is 23.6 Å². The zero-order valence-corrected chi connectivity index (χ0v) is 13.7. The molecule has 0 fully saturated rings. The van der Waals surface area contributed by atoms with Crippen LogP contribution in [0.1, 0.15) is 46.6 Å². The summed E-state index contributed by atoms with van der Waals surface area (Å²) in [5.74, 6) is 1.12. The topological polar surface area (TPSA) is 20.3 Å². The average Bonchev–Trinajstić information content (AvgIpc) is 2.84. The van der Waals surface area contributed by atoms with Crippen molar-refractivity contribution in [3.8, 4) is 0 Å². The lowest BCUT2D eigenvalue weighted by molar-refractivity contribution is 0.0771. The van der Waals surface area contributed by atoms with Gasteiger partial charge in [-0.1, -0.05) is 61.9 Å². The summed E-state index contributed by atoms with van der Waals surface area (Å²) in [6.07, 6.45) is 2.17. The molecule has 0 aromatic heterocycles. The van der Waals surface area contributed by atoms with Crippen molar-refractivity contribution >= 4 is 17.7 Å².